The lowest BCUT2D eigenvalue weighted by molar-refractivity contribution is 0.272. The summed E-state index contributed by atoms with van der Waals surface area (Å²) >= 11 is 1.13. The molecule has 8 nitrogen and oxygen atoms in total. The minimum absolute atomic E-state index is 0.210. The van der Waals surface area contributed by atoms with E-state index in [0.29, 0.717) is 29.2 Å². The first-order valence-electron chi connectivity index (χ1n) is 11.5. The van der Waals surface area contributed by atoms with Crippen LogP contribution in [0.15, 0.2) is 52.1 Å². The summed E-state index contributed by atoms with van der Waals surface area (Å²) in [6.07, 6.45) is 4.01. The van der Waals surface area contributed by atoms with Crippen molar-refractivity contribution in [1.29, 1.82) is 0 Å². The van der Waals surface area contributed by atoms with Crippen LogP contribution < -0.4 is 29.9 Å². The van der Waals surface area contributed by atoms with Gasteiger partial charge in [0.2, 0.25) is 4.96 Å². The second-order valence-electron chi connectivity index (χ2n) is 7.84. The van der Waals surface area contributed by atoms with Gasteiger partial charge >= 0.3 is 0 Å². The van der Waals surface area contributed by atoms with Gasteiger partial charge in [-0.05, 0) is 54.8 Å². The van der Waals surface area contributed by atoms with Crippen molar-refractivity contribution >= 4 is 22.4 Å². The minimum Gasteiger partial charge on any atom is -0.497 e. The Morgan fingerprint density at radius 3 is 2.54 bits per heavy atom. The first-order chi connectivity index (χ1) is 17.0. The molecule has 0 N–H and O–H groups in total. The van der Waals surface area contributed by atoms with E-state index in [-0.39, 0.29) is 22.6 Å². The van der Waals surface area contributed by atoms with Crippen molar-refractivity contribution in [2.24, 2.45) is 0 Å². The summed E-state index contributed by atoms with van der Waals surface area (Å²) in [7, 11) is 1.59. The van der Waals surface area contributed by atoms with Crippen molar-refractivity contribution in [3.05, 3.63) is 84.5 Å². The molecule has 9 heteroatoms. The fraction of sp³-hybridized carbons (Fsp3) is 0.308. The van der Waals surface area contributed by atoms with E-state index in [1.54, 1.807) is 13.2 Å². The molecule has 0 fully saturated rings. The van der Waals surface area contributed by atoms with Crippen LogP contribution in [-0.4, -0.2) is 34.9 Å². The Balaban J connectivity index is 1.67. The zero-order valence-corrected chi connectivity index (χ0v) is 20.8. The molecule has 0 saturated carbocycles. The van der Waals surface area contributed by atoms with Gasteiger partial charge in [-0.3, -0.25) is 9.59 Å². The largest absolute Gasteiger partial charge is 0.497 e. The van der Waals surface area contributed by atoms with Gasteiger partial charge in [0, 0.05) is 6.42 Å². The van der Waals surface area contributed by atoms with Gasteiger partial charge in [-0.2, -0.15) is 14.6 Å². The number of rotatable bonds is 10. The maximum atomic E-state index is 13.0. The number of hydrogen-bond acceptors (Lipinski definition) is 8. The van der Waals surface area contributed by atoms with E-state index in [9.17, 15) is 9.59 Å². The predicted octanol–water partition coefficient (Wildman–Crippen LogP) is 3.24. The third-order valence-electron chi connectivity index (χ3n) is 5.30. The lowest BCUT2D eigenvalue weighted by Crippen LogP contribution is -2.28. The van der Waals surface area contributed by atoms with Crippen LogP contribution in [0.5, 0.6) is 17.2 Å². The van der Waals surface area contributed by atoms with E-state index < -0.39 is 5.56 Å². The topological polar surface area (TPSA) is 92.0 Å². The van der Waals surface area contributed by atoms with E-state index in [4.69, 9.17) is 14.2 Å². The molecule has 0 aliphatic heterocycles. The highest BCUT2D eigenvalue weighted by Crippen LogP contribution is 2.29. The molecule has 2 aromatic heterocycles. The molecule has 182 valence electrons. The SMILES string of the molecule is CCCCOc1ccc(/C=c2\sc3nc(=O)c(Cc4ccc(OC)cc4)nn3c2=O)cc1OCC. The third-order valence-corrected chi connectivity index (χ3v) is 6.26. The predicted molar refractivity (Wildman–Crippen MR) is 136 cm³/mol. The second-order valence-corrected chi connectivity index (χ2v) is 8.85. The molecule has 2 aromatic carbocycles. The Morgan fingerprint density at radius 1 is 1.03 bits per heavy atom. The normalized spacial score (nSPS) is 11.7. The zero-order chi connectivity index (χ0) is 24.8. The number of nitrogens with zero attached hydrogens (tertiary/aromatic N) is 3. The number of benzene rings is 2. The molecule has 0 aliphatic rings. The molecule has 35 heavy (non-hydrogen) atoms. The number of methoxy groups -OCH3 is 1. The van der Waals surface area contributed by atoms with Gasteiger partial charge in [0.25, 0.3) is 11.1 Å². The third kappa shape index (κ3) is 5.68. The fourth-order valence-electron chi connectivity index (χ4n) is 3.47. The maximum Gasteiger partial charge on any atom is 0.296 e. The molecule has 0 unspecified atom stereocenters. The summed E-state index contributed by atoms with van der Waals surface area (Å²) in [6, 6.07) is 12.9. The summed E-state index contributed by atoms with van der Waals surface area (Å²) in [6.45, 7) is 5.13. The van der Waals surface area contributed by atoms with Crippen molar-refractivity contribution in [3.8, 4) is 17.2 Å². The molecular weight excluding hydrogens is 466 g/mol. The Labute approximate surface area is 206 Å². The smallest absolute Gasteiger partial charge is 0.296 e. The number of fused-ring (bicyclic) bond motifs is 1. The van der Waals surface area contributed by atoms with Gasteiger partial charge in [-0.15, -0.1) is 0 Å². The van der Waals surface area contributed by atoms with Gasteiger partial charge in [-0.1, -0.05) is 42.9 Å². The van der Waals surface area contributed by atoms with Gasteiger partial charge < -0.3 is 14.2 Å². The Morgan fingerprint density at radius 2 is 1.83 bits per heavy atom. The van der Waals surface area contributed by atoms with Crippen molar-refractivity contribution in [2.75, 3.05) is 20.3 Å². The number of ether oxygens (including phenoxy) is 3. The van der Waals surface area contributed by atoms with Crippen LogP contribution in [0.1, 0.15) is 43.5 Å². The highest BCUT2D eigenvalue weighted by Gasteiger charge is 2.13. The van der Waals surface area contributed by atoms with Crippen molar-refractivity contribution in [1.82, 2.24) is 14.6 Å². The molecule has 0 saturated heterocycles. The standard InChI is InChI=1S/C26H27N3O5S/c1-4-6-13-34-21-12-9-18(15-22(21)33-5-2)16-23-25(31)29-26(35-23)27-24(30)20(28-29)14-17-7-10-19(32-3)11-8-17/h7-12,15-16H,4-6,13-14H2,1-3H3/b23-16-. The van der Waals surface area contributed by atoms with Gasteiger partial charge in [0.1, 0.15) is 11.4 Å². The van der Waals surface area contributed by atoms with Crippen molar-refractivity contribution < 1.29 is 14.2 Å². The maximum absolute atomic E-state index is 13.0. The molecule has 4 aromatic rings. The first-order valence-corrected chi connectivity index (χ1v) is 12.3. The van der Waals surface area contributed by atoms with E-state index in [1.807, 2.05) is 49.4 Å². The van der Waals surface area contributed by atoms with Crippen LogP contribution in [0.2, 0.25) is 0 Å². The molecule has 0 radical (unpaired) electrons. The van der Waals surface area contributed by atoms with Gasteiger partial charge in [0.15, 0.2) is 11.5 Å². The fourth-order valence-corrected chi connectivity index (χ4v) is 4.37. The van der Waals surface area contributed by atoms with Crippen LogP contribution in [0.4, 0.5) is 0 Å². The molecule has 0 atom stereocenters. The number of thiazole rings is 1. The summed E-state index contributed by atoms with van der Waals surface area (Å²) in [5.41, 5.74) is 1.09. The highest BCUT2D eigenvalue weighted by atomic mass is 32.1. The molecule has 0 amide bonds. The second kappa shape index (κ2) is 11.1. The monoisotopic (exact) mass is 493 g/mol. The average Bonchev–Trinajstić information content (AvgIpc) is 3.15. The van der Waals surface area contributed by atoms with Crippen molar-refractivity contribution in [2.45, 2.75) is 33.1 Å². The number of hydrogen-bond donors (Lipinski definition) is 0. The minimum atomic E-state index is -0.444. The van der Waals surface area contributed by atoms with Crippen LogP contribution in [0.3, 0.4) is 0 Å². The molecule has 0 aliphatic carbocycles. The lowest BCUT2D eigenvalue weighted by atomic mass is 10.1. The highest BCUT2D eigenvalue weighted by molar-refractivity contribution is 7.15. The van der Waals surface area contributed by atoms with E-state index in [2.05, 4.69) is 17.0 Å². The lowest BCUT2D eigenvalue weighted by Gasteiger charge is -2.12. The summed E-state index contributed by atoms with van der Waals surface area (Å²) in [4.78, 5) is 30.0. The van der Waals surface area contributed by atoms with Crippen LogP contribution in [0, 0.1) is 0 Å². The van der Waals surface area contributed by atoms with Crippen LogP contribution in [0.25, 0.3) is 11.0 Å². The van der Waals surface area contributed by atoms with Gasteiger partial charge in [0.05, 0.1) is 24.9 Å². The van der Waals surface area contributed by atoms with Gasteiger partial charge in [-0.25, -0.2) is 0 Å². The average molecular weight is 494 g/mol. The Kier molecular flexibility index (Phi) is 7.77. The van der Waals surface area contributed by atoms with E-state index in [1.165, 1.54) is 4.52 Å². The van der Waals surface area contributed by atoms with Crippen molar-refractivity contribution in [3.63, 3.8) is 0 Å². The molecule has 0 spiro atoms. The molecule has 4 rings (SSSR count). The zero-order valence-electron chi connectivity index (χ0n) is 19.9. The summed E-state index contributed by atoms with van der Waals surface area (Å²) < 4.78 is 18.4. The number of aromatic nitrogens is 3. The van der Waals surface area contributed by atoms with E-state index in [0.717, 1.165) is 41.1 Å². The molecule has 0 bridgehead atoms. The molecular formula is C26H27N3O5S. The van der Waals surface area contributed by atoms with Crippen LogP contribution in [-0.2, 0) is 6.42 Å². The summed E-state index contributed by atoms with van der Waals surface area (Å²) in [5, 5.41) is 4.32. The Hall–Kier alpha value is -3.72. The van der Waals surface area contributed by atoms with E-state index >= 15 is 0 Å². The Bertz CT molecular complexity index is 1480. The first kappa shape index (κ1) is 24.4. The number of unbranched alkanes of at least 4 members (excludes halogenated alkanes) is 1. The quantitative estimate of drug-likeness (QED) is 0.313. The summed E-state index contributed by atoms with van der Waals surface area (Å²) in [5.74, 6) is 2.02. The van der Waals surface area contributed by atoms with Crippen LogP contribution >= 0.6 is 11.3 Å². The molecule has 2 heterocycles.